The monoisotopic (exact) mass is 311 g/mol. The molecule has 1 aliphatic rings. The van der Waals surface area contributed by atoms with Crippen LogP contribution in [-0.2, 0) is 11.3 Å². The molecule has 0 aromatic heterocycles. The van der Waals surface area contributed by atoms with Gasteiger partial charge in [-0.15, -0.1) is 0 Å². The van der Waals surface area contributed by atoms with Gasteiger partial charge in [-0.3, -0.25) is 9.69 Å². The number of hydrogen-bond donors (Lipinski definition) is 1. The maximum Gasteiger partial charge on any atom is 0.308 e. The van der Waals surface area contributed by atoms with Crippen LogP contribution < -0.4 is 4.74 Å². The van der Waals surface area contributed by atoms with Gasteiger partial charge in [-0.05, 0) is 23.3 Å². The Hall–Kier alpha value is -2.33. The van der Waals surface area contributed by atoms with Gasteiger partial charge in [-0.2, -0.15) is 0 Å². The zero-order chi connectivity index (χ0) is 16.2. The van der Waals surface area contributed by atoms with Crippen LogP contribution >= 0.6 is 0 Å². The van der Waals surface area contributed by atoms with E-state index in [0.29, 0.717) is 6.54 Å². The molecule has 0 radical (unpaired) electrons. The molecule has 2 atom stereocenters. The normalized spacial score (nSPS) is 21.3. The van der Waals surface area contributed by atoms with Crippen LogP contribution in [-0.4, -0.2) is 36.2 Å². The summed E-state index contributed by atoms with van der Waals surface area (Å²) in [6.07, 6.45) is 0. The number of hydrogen-bond acceptors (Lipinski definition) is 3. The van der Waals surface area contributed by atoms with Crippen LogP contribution in [0.3, 0.4) is 0 Å². The predicted molar refractivity (Wildman–Crippen MR) is 88.6 cm³/mol. The van der Waals surface area contributed by atoms with E-state index in [4.69, 9.17) is 4.74 Å². The first kappa shape index (κ1) is 15.6. The Kier molecular flexibility index (Phi) is 4.63. The molecule has 1 heterocycles. The van der Waals surface area contributed by atoms with Crippen molar-refractivity contribution in [3.05, 3.63) is 65.7 Å². The van der Waals surface area contributed by atoms with Gasteiger partial charge in [0.25, 0.3) is 0 Å². The Morgan fingerprint density at radius 2 is 1.83 bits per heavy atom. The molecule has 0 aliphatic carbocycles. The molecule has 120 valence electrons. The number of nitrogens with zero attached hydrogens (tertiary/aromatic N) is 1. The van der Waals surface area contributed by atoms with E-state index in [2.05, 4.69) is 17.0 Å². The minimum absolute atomic E-state index is 0.0159. The summed E-state index contributed by atoms with van der Waals surface area (Å²) in [5, 5.41) is 9.58. The van der Waals surface area contributed by atoms with Crippen LogP contribution in [0.2, 0.25) is 0 Å². The summed E-state index contributed by atoms with van der Waals surface area (Å²) >= 11 is 0. The van der Waals surface area contributed by atoms with E-state index in [0.717, 1.165) is 24.4 Å². The van der Waals surface area contributed by atoms with Crippen molar-refractivity contribution in [2.45, 2.75) is 12.5 Å². The van der Waals surface area contributed by atoms with Crippen LogP contribution in [0.5, 0.6) is 5.75 Å². The molecule has 0 spiro atoms. The van der Waals surface area contributed by atoms with E-state index in [1.165, 1.54) is 5.56 Å². The van der Waals surface area contributed by atoms with E-state index in [-0.39, 0.29) is 11.8 Å². The molecule has 0 unspecified atom stereocenters. The molecule has 4 heteroatoms. The number of carboxylic acid groups (broad SMARTS) is 1. The number of carboxylic acids is 1. The van der Waals surface area contributed by atoms with Crippen LogP contribution in [0.25, 0.3) is 0 Å². The van der Waals surface area contributed by atoms with Gasteiger partial charge in [-0.25, -0.2) is 0 Å². The predicted octanol–water partition coefficient (Wildman–Crippen LogP) is 3.00. The topological polar surface area (TPSA) is 49.8 Å². The Morgan fingerprint density at radius 1 is 1.13 bits per heavy atom. The second-order valence-electron chi connectivity index (χ2n) is 6.00. The molecule has 0 saturated carbocycles. The number of benzene rings is 2. The fourth-order valence-electron chi connectivity index (χ4n) is 3.30. The highest BCUT2D eigenvalue weighted by atomic mass is 16.5. The lowest BCUT2D eigenvalue weighted by molar-refractivity contribution is -0.141. The molecule has 4 nitrogen and oxygen atoms in total. The highest BCUT2D eigenvalue weighted by Gasteiger charge is 2.38. The van der Waals surface area contributed by atoms with Gasteiger partial charge in [0.05, 0.1) is 13.0 Å². The third-order valence-corrected chi connectivity index (χ3v) is 4.51. The van der Waals surface area contributed by atoms with Crippen LogP contribution in [0.4, 0.5) is 0 Å². The summed E-state index contributed by atoms with van der Waals surface area (Å²) in [7, 11) is 1.63. The van der Waals surface area contributed by atoms with Gasteiger partial charge in [0, 0.05) is 25.6 Å². The zero-order valence-corrected chi connectivity index (χ0v) is 13.2. The van der Waals surface area contributed by atoms with Gasteiger partial charge >= 0.3 is 5.97 Å². The molecule has 3 rings (SSSR count). The smallest absolute Gasteiger partial charge is 0.308 e. The van der Waals surface area contributed by atoms with Crippen LogP contribution in [0.15, 0.2) is 54.6 Å². The van der Waals surface area contributed by atoms with Crippen molar-refractivity contribution in [3.63, 3.8) is 0 Å². The van der Waals surface area contributed by atoms with E-state index in [1.54, 1.807) is 7.11 Å². The molecule has 0 amide bonds. The molecule has 1 aliphatic heterocycles. The van der Waals surface area contributed by atoms with Crippen molar-refractivity contribution in [2.75, 3.05) is 20.2 Å². The average Bonchev–Trinajstić information content (AvgIpc) is 3.00. The summed E-state index contributed by atoms with van der Waals surface area (Å²) in [5.74, 6) is -0.282. The fourth-order valence-corrected chi connectivity index (χ4v) is 3.30. The third-order valence-electron chi connectivity index (χ3n) is 4.51. The lowest BCUT2D eigenvalue weighted by Crippen LogP contribution is -2.23. The number of rotatable bonds is 5. The molecule has 2 aromatic rings. The summed E-state index contributed by atoms with van der Waals surface area (Å²) in [4.78, 5) is 13.9. The standard InChI is InChI=1S/C19H21NO3/c1-23-16-9-7-15(8-10-16)17-12-20(13-18(17)19(21)22)11-14-5-3-2-4-6-14/h2-10,17-18H,11-13H2,1H3,(H,21,22)/t17-,18+/m1/s1. The van der Waals surface area contributed by atoms with Gasteiger partial charge in [-0.1, -0.05) is 42.5 Å². The number of methoxy groups -OCH3 is 1. The second-order valence-corrected chi connectivity index (χ2v) is 6.00. The lowest BCUT2D eigenvalue weighted by atomic mass is 9.89. The van der Waals surface area contributed by atoms with Crippen LogP contribution in [0, 0.1) is 5.92 Å². The summed E-state index contributed by atoms with van der Waals surface area (Å²) in [6.45, 7) is 2.14. The Balaban J connectivity index is 1.76. The van der Waals surface area contributed by atoms with Crippen molar-refractivity contribution in [1.82, 2.24) is 4.90 Å². The maximum atomic E-state index is 11.7. The minimum atomic E-state index is -0.721. The summed E-state index contributed by atoms with van der Waals surface area (Å²) in [5.41, 5.74) is 2.28. The first-order valence-corrected chi connectivity index (χ1v) is 7.80. The summed E-state index contributed by atoms with van der Waals surface area (Å²) < 4.78 is 5.18. The van der Waals surface area contributed by atoms with Gasteiger partial charge < -0.3 is 9.84 Å². The van der Waals surface area contributed by atoms with Gasteiger partial charge in [0.2, 0.25) is 0 Å². The van der Waals surface area contributed by atoms with E-state index in [9.17, 15) is 9.90 Å². The molecular formula is C19H21NO3. The van der Waals surface area contributed by atoms with Crippen molar-refractivity contribution < 1.29 is 14.6 Å². The zero-order valence-electron chi connectivity index (χ0n) is 13.2. The number of aliphatic carboxylic acids is 1. The van der Waals surface area contributed by atoms with Gasteiger partial charge in [0.15, 0.2) is 0 Å². The molecule has 2 aromatic carbocycles. The molecule has 1 N–H and O–H groups in total. The van der Waals surface area contributed by atoms with E-state index >= 15 is 0 Å². The first-order chi connectivity index (χ1) is 11.2. The Labute approximate surface area is 136 Å². The molecular weight excluding hydrogens is 290 g/mol. The van der Waals surface area contributed by atoms with E-state index in [1.807, 2.05) is 42.5 Å². The quantitative estimate of drug-likeness (QED) is 0.922. The lowest BCUT2D eigenvalue weighted by Gasteiger charge is -2.16. The molecule has 23 heavy (non-hydrogen) atoms. The van der Waals surface area contributed by atoms with Crippen molar-refractivity contribution in [3.8, 4) is 5.75 Å². The number of carbonyl (C=O) groups is 1. The highest BCUT2D eigenvalue weighted by molar-refractivity contribution is 5.72. The molecule has 0 bridgehead atoms. The van der Waals surface area contributed by atoms with Crippen molar-refractivity contribution in [2.24, 2.45) is 5.92 Å². The molecule has 1 saturated heterocycles. The second kappa shape index (κ2) is 6.84. The van der Waals surface area contributed by atoms with E-state index < -0.39 is 5.97 Å². The van der Waals surface area contributed by atoms with Crippen molar-refractivity contribution >= 4 is 5.97 Å². The molecule has 1 fully saturated rings. The van der Waals surface area contributed by atoms with Crippen LogP contribution in [0.1, 0.15) is 17.0 Å². The average molecular weight is 311 g/mol. The fraction of sp³-hybridized carbons (Fsp3) is 0.316. The minimum Gasteiger partial charge on any atom is -0.497 e. The Bertz CT molecular complexity index is 654. The van der Waals surface area contributed by atoms with Crippen molar-refractivity contribution in [1.29, 1.82) is 0 Å². The largest absolute Gasteiger partial charge is 0.497 e. The highest BCUT2D eigenvalue weighted by Crippen LogP contribution is 2.34. The number of ether oxygens (including phenoxy) is 1. The first-order valence-electron chi connectivity index (χ1n) is 7.80. The third kappa shape index (κ3) is 3.54. The number of likely N-dealkylation sites (tertiary alicyclic amines) is 1. The Morgan fingerprint density at radius 3 is 2.43 bits per heavy atom. The SMILES string of the molecule is COc1ccc([C@H]2CN(Cc3ccccc3)C[C@@H]2C(=O)O)cc1. The maximum absolute atomic E-state index is 11.7. The van der Waals surface area contributed by atoms with Gasteiger partial charge in [0.1, 0.15) is 5.75 Å². The summed E-state index contributed by atoms with van der Waals surface area (Å²) in [6, 6.07) is 17.9.